The van der Waals surface area contributed by atoms with Crippen LogP contribution in [0.25, 0.3) is 0 Å². The summed E-state index contributed by atoms with van der Waals surface area (Å²) in [4.78, 5) is 34.8. The molecule has 2 aromatic rings. The van der Waals surface area contributed by atoms with Crippen LogP contribution >= 0.6 is 0 Å². The van der Waals surface area contributed by atoms with Gasteiger partial charge >= 0.3 is 5.97 Å². The Labute approximate surface area is 142 Å². The standard InChI is InChI=1S/C17H15FN2O5/c1-10(16(21)11-3-5-12(18)6-4-11)25-17(22)14-9-13(20(23)24)7-8-15(14)19-2/h3-10,19H,1-2H3/t10-/m1/s1. The molecule has 0 saturated heterocycles. The van der Waals surface area contributed by atoms with Crippen molar-refractivity contribution in [3.63, 3.8) is 0 Å². The van der Waals surface area contributed by atoms with Gasteiger partial charge in [-0.15, -0.1) is 0 Å². The molecule has 0 saturated carbocycles. The highest BCUT2D eigenvalue weighted by atomic mass is 19.1. The second kappa shape index (κ2) is 7.52. The summed E-state index contributed by atoms with van der Waals surface area (Å²) in [5.41, 5.74) is 0.186. The van der Waals surface area contributed by atoms with E-state index in [2.05, 4.69) is 5.32 Å². The number of nitro benzene ring substituents is 1. The van der Waals surface area contributed by atoms with Gasteiger partial charge in [-0.25, -0.2) is 9.18 Å². The average molecular weight is 346 g/mol. The predicted molar refractivity (Wildman–Crippen MR) is 88.3 cm³/mol. The van der Waals surface area contributed by atoms with Crippen molar-refractivity contribution >= 4 is 23.1 Å². The minimum absolute atomic E-state index is 0.0598. The monoisotopic (exact) mass is 346 g/mol. The third kappa shape index (κ3) is 4.17. The highest BCUT2D eigenvalue weighted by Gasteiger charge is 2.23. The number of ether oxygens (including phenoxy) is 1. The molecular weight excluding hydrogens is 331 g/mol. The zero-order valence-electron chi connectivity index (χ0n) is 13.5. The number of anilines is 1. The van der Waals surface area contributed by atoms with Gasteiger partial charge in [0.2, 0.25) is 5.78 Å². The highest BCUT2D eigenvalue weighted by Crippen LogP contribution is 2.23. The number of halogens is 1. The summed E-state index contributed by atoms with van der Waals surface area (Å²) in [7, 11) is 1.55. The first-order valence-electron chi connectivity index (χ1n) is 7.30. The Morgan fingerprint density at radius 3 is 2.40 bits per heavy atom. The van der Waals surface area contributed by atoms with E-state index in [0.29, 0.717) is 5.69 Å². The van der Waals surface area contributed by atoms with Crippen molar-refractivity contribution in [1.82, 2.24) is 0 Å². The zero-order chi connectivity index (χ0) is 18.6. The second-order valence-electron chi connectivity index (χ2n) is 5.16. The van der Waals surface area contributed by atoms with Crippen LogP contribution in [0.4, 0.5) is 15.8 Å². The van der Waals surface area contributed by atoms with E-state index in [-0.39, 0.29) is 16.8 Å². The Bertz CT molecular complexity index is 820. The topological polar surface area (TPSA) is 98.5 Å². The lowest BCUT2D eigenvalue weighted by atomic mass is 10.1. The third-order valence-electron chi connectivity index (χ3n) is 3.49. The molecular formula is C17H15FN2O5. The molecule has 0 spiro atoms. The van der Waals surface area contributed by atoms with Crippen LogP contribution in [-0.4, -0.2) is 29.8 Å². The lowest BCUT2D eigenvalue weighted by Crippen LogP contribution is -2.25. The molecule has 2 rings (SSSR count). The molecule has 0 aliphatic carbocycles. The number of nitro groups is 1. The first kappa shape index (κ1) is 18.1. The molecule has 0 unspecified atom stereocenters. The third-order valence-corrected chi connectivity index (χ3v) is 3.49. The van der Waals surface area contributed by atoms with Crippen LogP contribution in [0.3, 0.4) is 0 Å². The summed E-state index contributed by atoms with van der Waals surface area (Å²) < 4.78 is 18.0. The lowest BCUT2D eigenvalue weighted by molar-refractivity contribution is -0.384. The molecule has 0 heterocycles. The molecule has 0 aliphatic heterocycles. The van der Waals surface area contributed by atoms with Gasteiger partial charge in [0.1, 0.15) is 5.82 Å². The molecule has 0 fully saturated rings. The van der Waals surface area contributed by atoms with Gasteiger partial charge in [-0.3, -0.25) is 14.9 Å². The lowest BCUT2D eigenvalue weighted by Gasteiger charge is -2.14. The van der Waals surface area contributed by atoms with Crippen molar-refractivity contribution in [3.05, 3.63) is 69.5 Å². The van der Waals surface area contributed by atoms with Gasteiger partial charge in [-0.2, -0.15) is 0 Å². The van der Waals surface area contributed by atoms with Crippen molar-refractivity contribution < 1.29 is 23.6 Å². The fourth-order valence-electron chi connectivity index (χ4n) is 2.16. The van der Waals surface area contributed by atoms with Crippen LogP contribution in [0.2, 0.25) is 0 Å². The summed E-state index contributed by atoms with van der Waals surface area (Å²) in [6.07, 6.45) is -1.14. The molecule has 0 amide bonds. The number of non-ortho nitro benzene ring substituents is 1. The van der Waals surface area contributed by atoms with E-state index in [9.17, 15) is 24.1 Å². The largest absolute Gasteiger partial charge is 0.451 e. The van der Waals surface area contributed by atoms with Crippen molar-refractivity contribution in [3.8, 4) is 0 Å². The summed E-state index contributed by atoms with van der Waals surface area (Å²) >= 11 is 0. The number of Topliss-reactive ketones (excluding diaryl/α,β-unsaturated/α-hetero) is 1. The smallest absolute Gasteiger partial charge is 0.341 e. The number of esters is 1. The van der Waals surface area contributed by atoms with E-state index in [4.69, 9.17) is 4.74 Å². The Hall–Kier alpha value is -3.29. The molecule has 2 aromatic carbocycles. The zero-order valence-corrected chi connectivity index (χ0v) is 13.5. The van der Waals surface area contributed by atoms with E-state index in [1.54, 1.807) is 7.05 Å². The molecule has 1 N–H and O–H groups in total. The number of ketones is 1. The summed E-state index contributed by atoms with van der Waals surface area (Å²) in [5, 5.41) is 13.6. The number of carbonyl (C=O) groups is 2. The predicted octanol–water partition coefficient (Wildman–Crippen LogP) is 3.20. The van der Waals surface area contributed by atoms with E-state index < -0.39 is 28.6 Å². The molecule has 0 aliphatic rings. The molecule has 8 heteroatoms. The fraction of sp³-hybridized carbons (Fsp3) is 0.176. The normalized spacial score (nSPS) is 11.5. The van der Waals surface area contributed by atoms with E-state index in [0.717, 1.165) is 18.2 Å². The van der Waals surface area contributed by atoms with Gasteiger partial charge in [0.05, 0.1) is 10.5 Å². The summed E-state index contributed by atoms with van der Waals surface area (Å²) in [5.74, 6) is -1.88. The first-order chi connectivity index (χ1) is 11.8. The van der Waals surface area contributed by atoms with Gasteiger partial charge in [0.15, 0.2) is 6.10 Å². The number of nitrogens with one attached hydrogen (secondary N) is 1. The van der Waals surface area contributed by atoms with Gasteiger partial charge in [0, 0.05) is 30.4 Å². The maximum Gasteiger partial charge on any atom is 0.341 e. The van der Waals surface area contributed by atoms with Gasteiger partial charge in [-0.1, -0.05) is 0 Å². The average Bonchev–Trinajstić information content (AvgIpc) is 2.60. The van der Waals surface area contributed by atoms with Crippen LogP contribution in [0, 0.1) is 15.9 Å². The minimum Gasteiger partial charge on any atom is -0.451 e. The number of hydrogen-bond donors (Lipinski definition) is 1. The molecule has 0 bridgehead atoms. The molecule has 0 radical (unpaired) electrons. The highest BCUT2D eigenvalue weighted by molar-refractivity contribution is 6.02. The Morgan fingerprint density at radius 1 is 1.20 bits per heavy atom. The maximum atomic E-state index is 12.9. The Balaban J connectivity index is 2.20. The molecule has 7 nitrogen and oxygen atoms in total. The summed E-state index contributed by atoms with van der Waals surface area (Å²) in [6.45, 7) is 1.37. The molecule has 25 heavy (non-hydrogen) atoms. The number of rotatable bonds is 6. The van der Waals surface area contributed by atoms with Crippen LogP contribution in [0.15, 0.2) is 42.5 Å². The molecule has 1 atom stereocenters. The molecule has 0 aromatic heterocycles. The van der Waals surface area contributed by atoms with E-state index >= 15 is 0 Å². The second-order valence-corrected chi connectivity index (χ2v) is 5.16. The Morgan fingerprint density at radius 2 is 1.84 bits per heavy atom. The number of carbonyl (C=O) groups excluding carboxylic acids is 2. The van der Waals surface area contributed by atoms with Crippen LogP contribution in [-0.2, 0) is 4.74 Å². The van der Waals surface area contributed by atoms with Gasteiger partial charge in [-0.05, 0) is 37.3 Å². The summed E-state index contributed by atoms with van der Waals surface area (Å²) in [6, 6.07) is 8.52. The quantitative estimate of drug-likeness (QED) is 0.373. The number of benzene rings is 2. The minimum atomic E-state index is -1.14. The number of hydrogen-bond acceptors (Lipinski definition) is 6. The van der Waals surface area contributed by atoms with E-state index in [1.165, 1.54) is 31.2 Å². The van der Waals surface area contributed by atoms with Crippen molar-refractivity contribution in [2.24, 2.45) is 0 Å². The van der Waals surface area contributed by atoms with Crippen LogP contribution in [0.1, 0.15) is 27.6 Å². The van der Waals surface area contributed by atoms with Crippen LogP contribution < -0.4 is 5.32 Å². The van der Waals surface area contributed by atoms with Gasteiger partial charge in [0.25, 0.3) is 5.69 Å². The van der Waals surface area contributed by atoms with E-state index in [1.807, 2.05) is 0 Å². The van der Waals surface area contributed by atoms with Crippen molar-refractivity contribution in [2.75, 3.05) is 12.4 Å². The first-order valence-corrected chi connectivity index (χ1v) is 7.30. The van der Waals surface area contributed by atoms with Crippen molar-refractivity contribution in [1.29, 1.82) is 0 Å². The fourth-order valence-corrected chi connectivity index (χ4v) is 2.16. The Kier molecular flexibility index (Phi) is 5.43. The maximum absolute atomic E-state index is 12.9. The molecule has 130 valence electrons. The SMILES string of the molecule is CNc1ccc([N+](=O)[O-])cc1C(=O)O[C@H](C)C(=O)c1ccc(F)cc1. The van der Waals surface area contributed by atoms with Crippen LogP contribution in [0.5, 0.6) is 0 Å². The van der Waals surface area contributed by atoms with Gasteiger partial charge < -0.3 is 10.1 Å². The number of nitrogens with zero attached hydrogens (tertiary/aromatic N) is 1. The van der Waals surface area contributed by atoms with Crippen molar-refractivity contribution in [2.45, 2.75) is 13.0 Å².